The molecule has 3 aromatic rings. The summed E-state index contributed by atoms with van der Waals surface area (Å²) in [5, 5.41) is 21.8. The quantitative estimate of drug-likeness (QED) is 0.201. The van der Waals surface area contributed by atoms with Crippen molar-refractivity contribution in [3.63, 3.8) is 0 Å². The lowest BCUT2D eigenvalue weighted by Gasteiger charge is -2.31. The van der Waals surface area contributed by atoms with E-state index in [0.717, 1.165) is 50.9 Å². The fourth-order valence-electron chi connectivity index (χ4n) is 6.25. The number of aryl methyl sites for hydroxylation is 3. The van der Waals surface area contributed by atoms with Crippen molar-refractivity contribution in [3.05, 3.63) is 86.5 Å². The van der Waals surface area contributed by atoms with Crippen LogP contribution >= 0.6 is 8.60 Å². The van der Waals surface area contributed by atoms with Gasteiger partial charge in [-0.3, -0.25) is 0 Å². The topological polar surface area (TPSA) is 90.2 Å². The molecule has 5 nitrogen and oxygen atoms in total. The van der Waals surface area contributed by atoms with Crippen molar-refractivity contribution >= 4 is 8.60 Å². The Morgan fingerprint density at radius 2 is 0.977 bits per heavy atom. The molecule has 0 aromatic heterocycles. The SMILES string of the molecule is Cc1cc(O)c(C(C)(C)C)cc1C(C)CC(c1cc(C(C)(C)C)c(O)cc1C)c1cc(C(C)(C)C)c(OP(O)O)cc1C. The molecule has 43 heavy (non-hydrogen) atoms. The molecule has 0 heterocycles. The molecule has 0 amide bonds. The van der Waals surface area contributed by atoms with Crippen LogP contribution in [0.25, 0.3) is 0 Å². The molecule has 2 unspecified atom stereocenters. The molecule has 3 aromatic carbocycles. The van der Waals surface area contributed by atoms with Gasteiger partial charge < -0.3 is 24.5 Å². The number of rotatable bonds is 7. The van der Waals surface area contributed by atoms with E-state index in [1.54, 1.807) is 0 Å². The molecule has 6 heteroatoms. The molecule has 4 N–H and O–H groups in total. The van der Waals surface area contributed by atoms with Crippen LogP contribution in [0.2, 0.25) is 0 Å². The van der Waals surface area contributed by atoms with Crippen molar-refractivity contribution in [2.24, 2.45) is 0 Å². The molecular weight excluding hydrogens is 555 g/mol. The molecular formula is C37H53O5P. The smallest absolute Gasteiger partial charge is 0.391 e. The molecule has 0 aliphatic heterocycles. The van der Waals surface area contributed by atoms with Crippen LogP contribution in [0, 0.1) is 20.8 Å². The molecule has 0 spiro atoms. The Balaban J connectivity index is 2.33. The molecule has 0 aliphatic carbocycles. The Morgan fingerprint density at radius 3 is 1.40 bits per heavy atom. The fraction of sp³-hybridized carbons (Fsp3) is 0.514. The summed E-state index contributed by atoms with van der Waals surface area (Å²) in [7, 11) is -2.56. The van der Waals surface area contributed by atoms with E-state index in [1.165, 1.54) is 5.56 Å². The minimum atomic E-state index is -2.56. The van der Waals surface area contributed by atoms with Crippen LogP contribution in [-0.2, 0) is 16.2 Å². The second kappa shape index (κ2) is 12.4. The summed E-state index contributed by atoms with van der Waals surface area (Å²) in [6.45, 7) is 27.4. The number of hydrogen-bond donors (Lipinski definition) is 4. The van der Waals surface area contributed by atoms with E-state index >= 15 is 0 Å². The first-order valence-electron chi connectivity index (χ1n) is 15.2. The van der Waals surface area contributed by atoms with E-state index in [4.69, 9.17) is 4.52 Å². The minimum Gasteiger partial charge on any atom is -0.508 e. The standard InChI is InChI=1S/C37H53O5P/c1-21(25-18-29(35(5,6)7)32(38)15-22(25)2)14-28(26-19-30(36(8,9)10)33(39)16-23(26)3)27-20-31(37(11,12)13)34(17-24(27)4)42-43(40)41/h15-21,28,38-41H,14H2,1-13H3. The van der Waals surface area contributed by atoms with Crippen molar-refractivity contribution in [2.75, 3.05) is 0 Å². The van der Waals surface area contributed by atoms with E-state index in [2.05, 4.69) is 101 Å². The van der Waals surface area contributed by atoms with Gasteiger partial charge in [-0.1, -0.05) is 87.4 Å². The average molecular weight is 609 g/mol. The second-order valence-corrected chi connectivity index (χ2v) is 16.1. The van der Waals surface area contributed by atoms with Crippen LogP contribution in [0.5, 0.6) is 17.2 Å². The summed E-state index contributed by atoms with van der Waals surface area (Å²) < 4.78 is 5.54. The third kappa shape index (κ3) is 7.93. The lowest BCUT2D eigenvalue weighted by atomic mass is 9.74. The van der Waals surface area contributed by atoms with Crippen molar-refractivity contribution < 1.29 is 24.5 Å². The Hall–Kier alpha value is -2.59. The Bertz CT molecular complexity index is 1470. The highest BCUT2D eigenvalue weighted by Gasteiger charge is 2.30. The van der Waals surface area contributed by atoms with Crippen molar-refractivity contribution in [1.82, 2.24) is 0 Å². The van der Waals surface area contributed by atoms with Crippen LogP contribution in [0.3, 0.4) is 0 Å². The zero-order valence-corrected chi connectivity index (χ0v) is 29.4. The third-order valence-corrected chi connectivity index (χ3v) is 8.97. The van der Waals surface area contributed by atoms with E-state index in [0.29, 0.717) is 17.2 Å². The highest BCUT2D eigenvalue weighted by Crippen LogP contribution is 2.47. The molecule has 3 rings (SSSR count). The maximum Gasteiger partial charge on any atom is 0.391 e. The van der Waals surface area contributed by atoms with Gasteiger partial charge in [0.15, 0.2) is 0 Å². The predicted octanol–water partition coefficient (Wildman–Crippen LogP) is 9.83. The van der Waals surface area contributed by atoms with Gasteiger partial charge in [0.2, 0.25) is 0 Å². The maximum atomic E-state index is 11.0. The zero-order chi connectivity index (χ0) is 32.8. The average Bonchev–Trinajstić information content (AvgIpc) is 2.80. The van der Waals surface area contributed by atoms with Gasteiger partial charge in [0.1, 0.15) is 17.2 Å². The second-order valence-electron chi connectivity index (χ2n) is 15.4. The largest absolute Gasteiger partial charge is 0.508 e. The third-order valence-electron chi connectivity index (χ3n) is 8.61. The molecule has 0 fully saturated rings. The van der Waals surface area contributed by atoms with Crippen molar-refractivity contribution in [2.45, 2.75) is 125 Å². The first-order valence-corrected chi connectivity index (χ1v) is 16.4. The molecule has 0 bridgehead atoms. The molecule has 0 radical (unpaired) electrons. The summed E-state index contributed by atoms with van der Waals surface area (Å²) in [6, 6.07) is 12.2. The van der Waals surface area contributed by atoms with Gasteiger partial charge in [0.25, 0.3) is 0 Å². The Kier molecular flexibility index (Phi) is 10.1. The normalized spacial score (nSPS) is 14.2. The van der Waals surface area contributed by atoms with Gasteiger partial charge in [-0.05, 0) is 112 Å². The monoisotopic (exact) mass is 608 g/mol. The van der Waals surface area contributed by atoms with Crippen molar-refractivity contribution in [3.8, 4) is 17.2 Å². The van der Waals surface area contributed by atoms with E-state index in [1.807, 2.05) is 25.1 Å². The minimum absolute atomic E-state index is 0.0251. The predicted molar refractivity (Wildman–Crippen MR) is 180 cm³/mol. The van der Waals surface area contributed by atoms with Crippen molar-refractivity contribution in [1.29, 1.82) is 0 Å². The van der Waals surface area contributed by atoms with Crippen LogP contribution in [0.1, 0.15) is 138 Å². The maximum absolute atomic E-state index is 11.0. The molecule has 236 valence electrons. The Labute approximate surface area is 261 Å². The number of aromatic hydroxyl groups is 2. The Morgan fingerprint density at radius 1 is 0.605 bits per heavy atom. The summed E-state index contributed by atoms with van der Waals surface area (Å²) in [4.78, 5) is 19.5. The van der Waals surface area contributed by atoms with Gasteiger partial charge in [-0.2, -0.15) is 0 Å². The van der Waals surface area contributed by atoms with Gasteiger partial charge in [0.05, 0.1) is 0 Å². The summed E-state index contributed by atoms with van der Waals surface area (Å²) >= 11 is 0. The zero-order valence-electron chi connectivity index (χ0n) is 28.5. The summed E-state index contributed by atoms with van der Waals surface area (Å²) in [6.07, 6.45) is 0.793. The number of phenolic OH excluding ortho intramolecular Hbond substituents is 2. The van der Waals surface area contributed by atoms with E-state index in [9.17, 15) is 20.0 Å². The highest BCUT2D eigenvalue weighted by atomic mass is 31.2. The van der Waals surface area contributed by atoms with Crippen LogP contribution in [0.4, 0.5) is 0 Å². The van der Waals surface area contributed by atoms with Gasteiger partial charge >= 0.3 is 8.60 Å². The lowest BCUT2D eigenvalue weighted by Crippen LogP contribution is -2.18. The highest BCUT2D eigenvalue weighted by molar-refractivity contribution is 7.39. The van der Waals surface area contributed by atoms with E-state index in [-0.39, 0.29) is 28.1 Å². The molecule has 0 saturated heterocycles. The molecule has 0 saturated carbocycles. The van der Waals surface area contributed by atoms with Gasteiger partial charge in [0, 0.05) is 11.5 Å². The fourth-order valence-corrected chi connectivity index (χ4v) is 6.58. The number of benzene rings is 3. The number of hydrogen-bond acceptors (Lipinski definition) is 5. The van der Waals surface area contributed by atoms with Gasteiger partial charge in [-0.25, -0.2) is 0 Å². The number of phenols is 2. The van der Waals surface area contributed by atoms with Crippen LogP contribution < -0.4 is 4.52 Å². The first kappa shape index (κ1) is 34.9. The first-order chi connectivity index (χ1) is 19.5. The molecule has 0 aliphatic rings. The van der Waals surface area contributed by atoms with Crippen LogP contribution in [-0.4, -0.2) is 20.0 Å². The van der Waals surface area contributed by atoms with E-state index < -0.39 is 8.60 Å². The molecule has 2 atom stereocenters. The van der Waals surface area contributed by atoms with Crippen LogP contribution in [0.15, 0.2) is 36.4 Å². The summed E-state index contributed by atoms with van der Waals surface area (Å²) in [5.74, 6) is 1.24. The van der Waals surface area contributed by atoms with Gasteiger partial charge in [-0.15, -0.1) is 0 Å². The lowest BCUT2D eigenvalue weighted by molar-refractivity contribution is 0.369. The summed E-state index contributed by atoms with van der Waals surface area (Å²) in [5.41, 5.74) is 8.57.